The molecule has 0 radical (unpaired) electrons. The van der Waals surface area contributed by atoms with Crippen LogP contribution in [0.15, 0.2) is 29.2 Å². The summed E-state index contributed by atoms with van der Waals surface area (Å²) in [6.45, 7) is 1.48. The van der Waals surface area contributed by atoms with Gasteiger partial charge in [0, 0.05) is 12.8 Å². The molecule has 0 saturated carbocycles. The zero-order chi connectivity index (χ0) is 13.1. The standard InChI is InChI=1S/C13H15N3O2S/c17-13(5-10-2-4-19-9-10)15-11-6-14-16(7-11)12-1-3-18-8-12/h2,4,6-7,9,12H,1,3,5,8H2,(H,15,17)/t12-/m1/s1. The number of ether oxygens (including phenoxy) is 1. The summed E-state index contributed by atoms with van der Waals surface area (Å²) in [5, 5.41) is 11.1. The molecule has 1 fully saturated rings. The Hall–Kier alpha value is -1.66. The van der Waals surface area contributed by atoms with Crippen LogP contribution in [0.2, 0.25) is 0 Å². The molecule has 1 amide bonds. The van der Waals surface area contributed by atoms with Crippen LogP contribution in [-0.2, 0) is 16.0 Å². The van der Waals surface area contributed by atoms with Crippen LogP contribution in [0.3, 0.4) is 0 Å². The number of nitrogens with zero attached hydrogens (tertiary/aromatic N) is 2. The first-order valence-electron chi connectivity index (χ1n) is 6.24. The number of rotatable bonds is 4. The minimum atomic E-state index is -0.0133. The number of aromatic nitrogens is 2. The van der Waals surface area contributed by atoms with Crippen LogP contribution in [0.1, 0.15) is 18.0 Å². The van der Waals surface area contributed by atoms with Gasteiger partial charge in [-0.15, -0.1) is 0 Å². The quantitative estimate of drug-likeness (QED) is 0.931. The van der Waals surface area contributed by atoms with Crippen LogP contribution in [0.25, 0.3) is 0 Å². The third-order valence-corrected chi connectivity index (χ3v) is 3.84. The third-order valence-electron chi connectivity index (χ3n) is 3.11. The molecule has 1 N–H and O–H groups in total. The van der Waals surface area contributed by atoms with Crippen LogP contribution in [-0.4, -0.2) is 28.9 Å². The van der Waals surface area contributed by atoms with Gasteiger partial charge in [-0.2, -0.15) is 16.4 Å². The van der Waals surface area contributed by atoms with E-state index in [4.69, 9.17) is 4.74 Å². The van der Waals surface area contributed by atoms with Crippen LogP contribution in [0.5, 0.6) is 0 Å². The molecule has 0 aromatic carbocycles. The summed E-state index contributed by atoms with van der Waals surface area (Å²) in [7, 11) is 0. The van der Waals surface area contributed by atoms with E-state index in [0.717, 1.165) is 24.3 Å². The van der Waals surface area contributed by atoms with Crippen molar-refractivity contribution in [2.75, 3.05) is 18.5 Å². The van der Waals surface area contributed by atoms with Crippen molar-refractivity contribution in [2.45, 2.75) is 18.9 Å². The van der Waals surface area contributed by atoms with Gasteiger partial charge in [-0.25, -0.2) is 0 Å². The second-order valence-electron chi connectivity index (χ2n) is 4.58. The van der Waals surface area contributed by atoms with E-state index in [1.54, 1.807) is 17.5 Å². The fraction of sp³-hybridized carbons (Fsp3) is 0.385. The average molecular weight is 277 g/mol. The molecule has 3 rings (SSSR count). The maximum Gasteiger partial charge on any atom is 0.228 e. The zero-order valence-electron chi connectivity index (χ0n) is 10.4. The van der Waals surface area contributed by atoms with Crippen LogP contribution < -0.4 is 5.32 Å². The fourth-order valence-corrected chi connectivity index (χ4v) is 2.79. The van der Waals surface area contributed by atoms with Gasteiger partial charge in [-0.1, -0.05) is 0 Å². The maximum absolute atomic E-state index is 11.8. The Morgan fingerprint density at radius 1 is 1.63 bits per heavy atom. The van der Waals surface area contributed by atoms with Gasteiger partial charge in [0.15, 0.2) is 0 Å². The van der Waals surface area contributed by atoms with Crippen LogP contribution in [0.4, 0.5) is 5.69 Å². The molecule has 1 aliphatic heterocycles. The van der Waals surface area contributed by atoms with E-state index in [0.29, 0.717) is 19.1 Å². The maximum atomic E-state index is 11.8. The molecule has 0 bridgehead atoms. The Morgan fingerprint density at radius 3 is 3.32 bits per heavy atom. The molecular formula is C13H15N3O2S. The smallest absolute Gasteiger partial charge is 0.228 e. The first-order valence-corrected chi connectivity index (χ1v) is 7.18. The number of hydrogen-bond donors (Lipinski definition) is 1. The van der Waals surface area contributed by atoms with Gasteiger partial charge in [-0.05, 0) is 28.8 Å². The number of hydrogen-bond acceptors (Lipinski definition) is 4. The van der Waals surface area contributed by atoms with Crippen molar-refractivity contribution in [3.05, 3.63) is 34.8 Å². The number of carbonyl (C=O) groups excluding carboxylic acids is 1. The molecule has 100 valence electrons. The zero-order valence-corrected chi connectivity index (χ0v) is 11.2. The lowest BCUT2D eigenvalue weighted by molar-refractivity contribution is -0.115. The first kappa shape index (κ1) is 12.4. The lowest BCUT2D eigenvalue weighted by Crippen LogP contribution is -2.13. The molecule has 0 spiro atoms. The van der Waals surface area contributed by atoms with Gasteiger partial charge >= 0.3 is 0 Å². The monoisotopic (exact) mass is 277 g/mol. The van der Waals surface area contributed by atoms with Gasteiger partial charge in [0.25, 0.3) is 0 Å². The normalized spacial score (nSPS) is 18.6. The second kappa shape index (κ2) is 5.54. The highest BCUT2D eigenvalue weighted by Gasteiger charge is 2.18. The molecule has 1 atom stereocenters. The molecule has 3 heterocycles. The first-order chi connectivity index (χ1) is 9.31. The molecule has 1 saturated heterocycles. The summed E-state index contributed by atoms with van der Waals surface area (Å²) in [4.78, 5) is 11.8. The Balaban J connectivity index is 1.59. The van der Waals surface area contributed by atoms with Crippen molar-refractivity contribution < 1.29 is 9.53 Å². The highest BCUT2D eigenvalue weighted by Crippen LogP contribution is 2.19. The topological polar surface area (TPSA) is 56.2 Å². The predicted octanol–water partition coefficient (Wildman–Crippen LogP) is 2.09. The van der Waals surface area contributed by atoms with Gasteiger partial charge in [0.2, 0.25) is 5.91 Å². The summed E-state index contributed by atoms with van der Waals surface area (Å²) in [5.41, 5.74) is 1.78. The largest absolute Gasteiger partial charge is 0.379 e. The molecule has 0 unspecified atom stereocenters. The Bertz CT molecular complexity index is 544. The minimum Gasteiger partial charge on any atom is -0.379 e. The number of carbonyl (C=O) groups is 1. The summed E-state index contributed by atoms with van der Waals surface area (Å²) in [6.07, 6.45) is 4.93. The lowest BCUT2D eigenvalue weighted by atomic mass is 10.2. The van der Waals surface area contributed by atoms with Crippen molar-refractivity contribution in [1.29, 1.82) is 0 Å². The van der Waals surface area contributed by atoms with Gasteiger partial charge in [0.05, 0.1) is 31.0 Å². The van der Waals surface area contributed by atoms with E-state index in [2.05, 4.69) is 10.4 Å². The molecule has 2 aromatic heterocycles. The van der Waals surface area contributed by atoms with E-state index in [1.165, 1.54) is 0 Å². The van der Waals surface area contributed by atoms with Crippen molar-refractivity contribution in [3.63, 3.8) is 0 Å². The highest BCUT2D eigenvalue weighted by atomic mass is 32.1. The van der Waals surface area contributed by atoms with Gasteiger partial charge in [-0.3, -0.25) is 9.48 Å². The van der Waals surface area contributed by atoms with E-state index in [1.807, 2.05) is 27.7 Å². The lowest BCUT2D eigenvalue weighted by Gasteiger charge is -2.06. The summed E-state index contributed by atoms with van der Waals surface area (Å²) in [5.74, 6) is -0.0133. The van der Waals surface area contributed by atoms with Crippen LogP contribution in [0, 0.1) is 0 Å². The number of thiophene rings is 1. The van der Waals surface area contributed by atoms with E-state index < -0.39 is 0 Å². The molecule has 6 heteroatoms. The van der Waals surface area contributed by atoms with Gasteiger partial charge < -0.3 is 10.1 Å². The molecular weight excluding hydrogens is 262 g/mol. The van der Waals surface area contributed by atoms with Crippen molar-refractivity contribution in [2.24, 2.45) is 0 Å². The van der Waals surface area contributed by atoms with Crippen molar-refractivity contribution >= 4 is 22.9 Å². The highest BCUT2D eigenvalue weighted by molar-refractivity contribution is 7.08. The molecule has 5 nitrogen and oxygen atoms in total. The molecule has 0 aliphatic carbocycles. The number of nitrogens with one attached hydrogen (secondary N) is 1. The Morgan fingerprint density at radius 2 is 2.58 bits per heavy atom. The third kappa shape index (κ3) is 3.02. The summed E-state index contributed by atoms with van der Waals surface area (Å²) < 4.78 is 7.19. The van der Waals surface area contributed by atoms with Crippen molar-refractivity contribution in [1.82, 2.24) is 9.78 Å². The predicted molar refractivity (Wildman–Crippen MR) is 73.4 cm³/mol. The van der Waals surface area contributed by atoms with Crippen molar-refractivity contribution in [3.8, 4) is 0 Å². The minimum absolute atomic E-state index is 0.0133. The van der Waals surface area contributed by atoms with E-state index >= 15 is 0 Å². The number of amides is 1. The Kier molecular flexibility index (Phi) is 3.61. The Labute approximate surface area is 115 Å². The second-order valence-corrected chi connectivity index (χ2v) is 5.36. The SMILES string of the molecule is O=C(Cc1ccsc1)Nc1cnn([C@@H]2CCOC2)c1. The summed E-state index contributed by atoms with van der Waals surface area (Å²) >= 11 is 1.60. The molecule has 2 aromatic rings. The number of anilines is 1. The molecule has 19 heavy (non-hydrogen) atoms. The van der Waals surface area contributed by atoms with E-state index in [-0.39, 0.29) is 5.91 Å². The fourth-order valence-electron chi connectivity index (χ4n) is 2.12. The van der Waals surface area contributed by atoms with Gasteiger partial charge in [0.1, 0.15) is 0 Å². The summed E-state index contributed by atoms with van der Waals surface area (Å²) in [6, 6.07) is 2.26. The van der Waals surface area contributed by atoms with Crippen LogP contribution >= 0.6 is 11.3 Å². The molecule has 1 aliphatic rings. The average Bonchev–Trinajstić information content (AvgIpc) is 3.09. The van der Waals surface area contributed by atoms with E-state index in [9.17, 15) is 4.79 Å².